The van der Waals surface area contributed by atoms with Crippen molar-refractivity contribution in [3.05, 3.63) is 43.0 Å². The molecule has 27 heavy (non-hydrogen) atoms. The molecule has 3 rings (SSSR count). The smallest absolute Gasteiger partial charge is 0.330 e. The Bertz CT molecular complexity index is 867. The Morgan fingerprint density at radius 3 is 2.85 bits per heavy atom. The molecule has 1 aromatic rings. The number of hydrogen-bond acceptors (Lipinski definition) is 7. The van der Waals surface area contributed by atoms with Crippen molar-refractivity contribution in [2.45, 2.75) is 63.7 Å². The van der Waals surface area contributed by atoms with E-state index in [0.29, 0.717) is 18.4 Å². The number of esters is 1. The Balaban J connectivity index is 1.77. The van der Waals surface area contributed by atoms with Crippen molar-refractivity contribution in [2.75, 3.05) is 0 Å². The molecular formula is C16H21N5O6. The lowest BCUT2D eigenvalue weighted by Crippen LogP contribution is -2.38. The molecule has 0 radical (unpaired) electrons. The molecule has 11 nitrogen and oxygen atoms in total. The topological polar surface area (TPSA) is 159 Å². The van der Waals surface area contributed by atoms with Gasteiger partial charge in [0, 0.05) is 23.1 Å². The Morgan fingerprint density at radius 1 is 1.48 bits per heavy atom. The van der Waals surface area contributed by atoms with Crippen LogP contribution in [0.25, 0.3) is 10.4 Å². The third kappa shape index (κ3) is 4.05. The van der Waals surface area contributed by atoms with E-state index in [4.69, 9.17) is 15.0 Å². The van der Waals surface area contributed by atoms with Gasteiger partial charge in [0.1, 0.15) is 12.3 Å². The van der Waals surface area contributed by atoms with E-state index >= 15 is 0 Å². The van der Waals surface area contributed by atoms with Crippen LogP contribution < -0.4 is 11.2 Å². The van der Waals surface area contributed by atoms with Crippen LogP contribution in [0.1, 0.15) is 43.9 Å². The van der Waals surface area contributed by atoms with Gasteiger partial charge in [-0.05, 0) is 25.3 Å². The summed E-state index contributed by atoms with van der Waals surface area (Å²) >= 11 is 0. The molecule has 1 saturated carbocycles. The molecule has 1 aliphatic carbocycles. The van der Waals surface area contributed by atoms with Gasteiger partial charge < -0.3 is 14.6 Å². The van der Waals surface area contributed by atoms with Crippen LogP contribution in [-0.4, -0.2) is 39.1 Å². The van der Waals surface area contributed by atoms with Gasteiger partial charge in [-0.1, -0.05) is 18.0 Å². The van der Waals surface area contributed by atoms with Gasteiger partial charge in [0.25, 0.3) is 5.56 Å². The van der Waals surface area contributed by atoms with Crippen LogP contribution in [0.5, 0.6) is 0 Å². The number of hydrogen-bond donors (Lipinski definition) is 2. The quantitative estimate of drug-likeness (QED) is 0.254. The van der Waals surface area contributed by atoms with Crippen molar-refractivity contribution < 1.29 is 19.4 Å². The van der Waals surface area contributed by atoms with Crippen LogP contribution in [0.2, 0.25) is 0 Å². The lowest BCUT2D eigenvalue weighted by atomic mass is 10.1. The Morgan fingerprint density at radius 2 is 2.19 bits per heavy atom. The number of carbonyl (C=O) groups excluding carboxylic acids is 1. The highest BCUT2D eigenvalue weighted by atomic mass is 16.7. The molecule has 0 spiro atoms. The third-order valence-electron chi connectivity index (χ3n) is 5.00. The van der Waals surface area contributed by atoms with Gasteiger partial charge in [-0.25, -0.2) is 4.79 Å². The minimum atomic E-state index is -1.63. The second kappa shape index (κ2) is 7.95. The van der Waals surface area contributed by atoms with Crippen LogP contribution in [0.4, 0.5) is 0 Å². The molecule has 1 aliphatic heterocycles. The molecule has 2 unspecified atom stereocenters. The van der Waals surface area contributed by atoms with Crippen LogP contribution in [0.3, 0.4) is 0 Å². The van der Waals surface area contributed by atoms with Crippen molar-refractivity contribution in [2.24, 2.45) is 11.0 Å². The van der Waals surface area contributed by atoms with E-state index in [1.807, 2.05) is 0 Å². The number of aliphatic hydroxyl groups is 1. The molecule has 1 saturated heterocycles. The number of aromatic amines is 1. The molecule has 1 aromatic heterocycles. The highest BCUT2D eigenvalue weighted by Gasteiger charge is 2.42. The minimum absolute atomic E-state index is 0.0815. The number of carbonyl (C=O) groups is 1. The molecule has 0 aromatic carbocycles. The highest BCUT2D eigenvalue weighted by Crippen LogP contribution is 2.33. The summed E-state index contributed by atoms with van der Waals surface area (Å²) in [4.78, 5) is 40.6. The standard InChI is InChI=1S/C16H21N5O6/c1-8-7-21(16(25)18-13(8)22)11-6-10(19-20-17)12(26-11)15(24)27-14(23)9-4-2-3-5-9/h7,9-12,15,24H,2-6H2,1H3,(H,18,22,25)/t10?,11-,12+,15?/m1/s1. The van der Waals surface area contributed by atoms with Crippen molar-refractivity contribution in [3.63, 3.8) is 0 Å². The number of H-pyrrole nitrogens is 1. The van der Waals surface area contributed by atoms with Crippen molar-refractivity contribution >= 4 is 5.97 Å². The summed E-state index contributed by atoms with van der Waals surface area (Å²) in [6, 6.07) is -0.842. The normalized spacial score (nSPS) is 26.5. The fourth-order valence-electron chi connectivity index (χ4n) is 3.53. The van der Waals surface area contributed by atoms with E-state index < -0.39 is 41.9 Å². The van der Waals surface area contributed by atoms with Gasteiger partial charge in [0.05, 0.1) is 12.0 Å². The van der Waals surface area contributed by atoms with Gasteiger partial charge in [-0.15, -0.1) is 0 Å². The molecule has 0 bridgehead atoms. The van der Waals surface area contributed by atoms with Crippen LogP contribution >= 0.6 is 0 Å². The maximum Gasteiger partial charge on any atom is 0.330 e. The molecule has 4 atom stereocenters. The monoisotopic (exact) mass is 379 g/mol. The summed E-state index contributed by atoms with van der Waals surface area (Å²) in [5, 5.41) is 13.9. The number of rotatable bonds is 5. The molecule has 11 heteroatoms. The van der Waals surface area contributed by atoms with E-state index in [2.05, 4.69) is 15.0 Å². The molecule has 2 aliphatic rings. The molecule has 146 valence electrons. The predicted molar refractivity (Wildman–Crippen MR) is 91.6 cm³/mol. The number of nitrogens with one attached hydrogen (secondary N) is 1. The Kier molecular flexibility index (Phi) is 5.64. The molecule has 2 N–H and O–H groups in total. The van der Waals surface area contributed by atoms with Crippen LogP contribution in [-0.2, 0) is 14.3 Å². The first-order valence-corrected chi connectivity index (χ1v) is 8.81. The highest BCUT2D eigenvalue weighted by molar-refractivity contribution is 5.72. The molecule has 2 heterocycles. The number of ether oxygens (including phenoxy) is 2. The third-order valence-corrected chi connectivity index (χ3v) is 5.00. The van der Waals surface area contributed by atoms with Gasteiger partial charge >= 0.3 is 11.7 Å². The van der Waals surface area contributed by atoms with E-state index in [0.717, 1.165) is 17.4 Å². The number of aliphatic hydroxyl groups excluding tert-OH is 1. The summed E-state index contributed by atoms with van der Waals surface area (Å²) in [5.74, 6) is -0.761. The fraction of sp³-hybridized carbons (Fsp3) is 0.688. The lowest BCUT2D eigenvalue weighted by molar-refractivity contribution is -0.200. The summed E-state index contributed by atoms with van der Waals surface area (Å²) < 4.78 is 11.9. The van der Waals surface area contributed by atoms with Gasteiger partial charge in [-0.2, -0.15) is 0 Å². The number of nitrogens with zero attached hydrogens (tertiary/aromatic N) is 4. The average Bonchev–Trinajstić information content (AvgIpc) is 3.28. The molecule has 0 amide bonds. The maximum atomic E-state index is 12.1. The van der Waals surface area contributed by atoms with Crippen molar-refractivity contribution in [3.8, 4) is 0 Å². The van der Waals surface area contributed by atoms with Gasteiger partial charge in [0.15, 0.2) is 0 Å². The Labute approximate surface area is 153 Å². The van der Waals surface area contributed by atoms with Crippen molar-refractivity contribution in [1.82, 2.24) is 9.55 Å². The SMILES string of the molecule is Cc1cn([C@H]2CC(N=[N+]=[N-])[C@@H](C(O)OC(=O)C3CCCC3)O2)c(=O)[nH]c1=O. The predicted octanol–water partition coefficient (Wildman–Crippen LogP) is 0.863. The first-order valence-electron chi connectivity index (χ1n) is 8.81. The fourth-order valence-corrected chi connectivity index (χ4v) is 3.53. The van der Waals surface area contributed by atoms with E-state index in [9.17, 15) is 19.5 Å². The first kappa shape index (κ1) is 19.2. The molecular weight excluding hydrogens is 358 g/mol. The van der Waals surface area contributed by atoms with Crippen molar-refractivity contribution in [1.29, 1.82) is 0 Å². The lowest BCUT2D eigenvalue weighted by Gasteiger charge is -2.23. The zero-order chi connectivity index (χ0) is 19.6. The number of aromatic nitrogens is 2. The van der Waals surface area contributed by atoms with Crippen LogP contribution in [0.15, 0.2) is 20.9 Å². The average molecular weight is 379 g/mol. The summed E-state index contributed by atoms with van der Waals surface area (Å²) in [5.41, 5.74) is 7.87. The summed E-state index contributed by atoms with van der Waals surface area (Å²) in [6.45, 7) is 1.53. The zero-order valence-electron chi connectivity index (χ0n) is 14.8. The molecule has 2 fully saturated rings. The first-order chi connectivity index (χ1) is 12.9. The number of aryl methyl sites for hydroxylation is 1. The Hall–Kier alpha value is -2.62. The largest absolute Gasteiger partial charge is 0.433 e. The zero-order valence-corrected chi connectivity index (χ0v) is 14.8. The number of azide groups is 1. The van der Waals surface area contributed by atoms with Gasteiger partial charge in [-0.3, -0.25) is 19.1 Å². The maximum absolute atomic E-state index is 12.1. The van der Waals surface area contributed by atoms with Gasteiger partial charge in [0.2, 0.25) is 6.29 Å². The van der Waals surface area contributed by atoms with E-state index in [1.165, 1.54) is 13.1 Å². The minimum Gasteiger partial charge on any atom is -0.433 e. The van der Waals surface area contributed by atoms with E-state index in [-0.39, 0.29) is 12.3 Å². The second-order valence-electron chi connectivity index (χ2n) is 6.85. The van der Waals surface area contributed by atoms with E-state index in [1.54, 1.807) is 0 Å². The second-order valence-corrected chi connectivity index (χ2v) is 6.85. The summed E-state index contributed by atoms with van der Waals surface area (Å²) in [7, 11) is 0. The van der Waals surface area contributed by atoms with Crippen LogP contribution in [0, 0.1) is 12.8 Å². The summed E-state index contributed by atoms with van der Waals surface area (Å²) in [6.07, 6.45) is 1.09.